The summed E-state index contributed by atoms with van der Waals surface area (Å²) < 4.78 is 25.7. The van der Waals surface area contributed by atoms with E-state index in [0.717, 1.165) is 6.07 Å². The Balaban J connectivity index is 2.14. The van der Waals surface area contributed by atoms with Crippen LogP contribution in [0.4, 0.5) is 0 Å². The molecule has 0 atom stereocenters. The largest absolute Gasteiger partial charge is 0.271 e. The summed E-state index contributed by atoms with van der Waals surface area (Å²) in [5, 5.41) is 0.503. The van der Waals surface area contributed by atoms with E-state index in [-0.39, 0.29) is 21.0 Å². The fourth-order valence-electron chi connectivity index (χ4n) is 1.82. The molecule has 7 nitrogen and oxygen atoms in total. The van der Waals surface area contributed by atoms with Crippen molar-refractivity contribution in [3.05, 3.63) is 63.6 Å². The van der Waals surface area contributed by atoms with E-state index in [0.29, 0.717) is 5.02 Å². The van der Waals surface area contributed by atoms with Crippen LogP contribution < -0.4 is 15.6 Å². The van der Waals surface area contributed by atoms with Gasteiger partial charge in [0.15, 0.2) is 0 Å². The number of carbonyl (C=O) groups excluding carboxylic acids is 2. The van der Waals surface area contributed by atoms with Crippen LogP contribution >= 0.6 is 23.2 Å². The molecule has 0 aromatic heterocycles. The number of amides is 2. The van der Waals surface area contributed by atoms with Gasteiger partial charge in [-0.25, -0.2) is 13.1 Å². The third-order valence-electron chi connectivity index (χ3n) is 3.16. The first-order chi connectivity index (χ1) is 11.7. The highest BCUT2D eigenvalue weighted by atomic mass is 35.5. The number of halogens is 2. The molecule has 0 unspecified atom stereocenters. The van der Waals surface area contributed by atoms with Crippen LogP contribution in [0, 0.1) is 0 Å². The SMILES string of the molecule is CNS(=O)(=O)c1ccc(Cl)c(C(=O)NNC(=O)c2ccc(Cl)cc2)c1. The van der Waals surface area contributed by atoms with Gasteiger partial charge in [-0.15, -0.1) is 0 Å². The number of benzene rings is 2. The van der Waals surface area contributed by atoms with E-state index in [2.05, 4.69) is 15.6 Å². The van der Waals surface area contributed by atoms with Crippen LogP contribution in [0.5, 0.6) is 0 Å². The molecular weight excluding hydrogens is 389 g/mol. The lowest BCUT2D eigenvalue weighted by Gasteiger charge is -2.10. The molecule has 0 heterocycles. The molecule has 0 saturated heterocycles. The molecule has 132 valence electrons. The molecule has 2 amide bonds. The van der Waals surface area contributed by atoms with Gasteiger partial charge < -0.3 is 0 Å². The summed E-state index contributed by atoms with van der Waals surface area (Å²) in [6, 6.07) is 9.67. The molecule has 0 aliphatic rings. The second-order valence-corrected chi connectivity index (χ2v) is 7.49. The average Bonchev–Trinajstić information content (AvgIpc) is 2.60. The quantitative estimate of drug-likeness (QED) is 0.681. The van der Waals surface area contributed by atoms with Crippen LogP contribution in [0.15, 0.2) is 47.4 Å². The van der Waals surface area contributed by atoms with Gasteiger partial charge in [0.25, 0.3) is 11.8 Å². The first-order valence-corrected chi connectivity index (χ1v) is 9.08. The Labute approximate surface area is 154 Å². The van der Waals surface area contributed by atoms with E-state index in [1.54, 1.807) is 0 Å². The highest BCUT2D eigenvalue weighted by molar-refractivity contribution is 7.89. The number of hydrogen-bond donors (Lipinski definition) is 3. The van der Waals surface area contributed by atoms with Gasteiger partial charge in [-0.1, -0.05) is 23.2 Å². The summed E-state index contributed by atoms with van der Waals surface area (Å²) in [5.74, 6) is -1.33. The second kappa shape index (κ2) is 7.83. The molecule has 10 heteroatoms. The Morgan fingerprint density at radius 2 is 1.52 bits per heavy atom. The molecule has 0 spiro atoms. The summed E-state index contributed by atoms with van der Waals surface area (Å²) in [7, 11) is -2.49. The van der Waals surface area contributed by atoms with Crippen molar-refractivity contribution < 1.29 is 18.0 Å². The van der Waals surface area contributed by atoms with Crippen molar-refractivity contribution >= 4 is 45.0 Å². The molecule has 0 saturated carbocycles. The molecule has 0 fully saturated rings. The third-order valence-corrected chi connectivity index (χ3v) is 5.15. The topological polar surface area (TPSA) is 104 Å². The molecule has 2 rings (SSSR count). The minimum Gasteiger partial charge on any atom is -0.267 e. The molecular formula is C15H13Cl2N3O4S. The normalized spacial score (nSPS) is 11.0. The van der Waals surface area contributed by atoms with E-state index in [1.165, 1.54) is 43.4 Å². The van der Waals surface area contributed by atoms with Gasteiger partial charge in [-0.3, -0.25) is 20.4 Å². The van der Waals surface area contributed by atoms with Crippen molar-refractivity contribution in [2.75, 3.05) is 7.05 Å². The molecule has 2 aromatic carbocycles. The van der Waals surface area contributed by atoms with Gasteiger partial charge in [-0.2, -0.15) is 0 Å². The molecule has 0 radical (unpaired) electrons. The Hall–Kier alpha value is -2.13. The second-order valence-electron chi connectivity index (χ2n) is 4.76. The summed E-state index contributed by atoms with van der Waals surface area (Å²) in [6.45, 7) is 0. The number of rotatable bonds is 4. The van der Waals surface area contributed by atoms with Crippen molar-refractivity contribution in [1.29, 1.82) is 0 Å². The maximum absolute atomic E-state index is 12.2. The van der Waals surface area contributed by atoms with Crippen molar-refractivity contribution in [3.63, 3.8) is 0 Å². The predicted molar refractivity (Wildman–Crippen MR) is 94.1 cm³/mol. The van der Waals surface area contributed by atoms with Gasteiger partial charge in [0.2, 0.25) is 10.0 Å². The van der Waals surface area contributed by atoms with Crippen LogP contribution in [0.2, 0.25) is 10.0 Å². The average molecular weight is 402 g/mol. The smallest absolute Gasteiger partial charge is 0.267 e. The summed E-state index contributed by atoms with van der Waals surface area (Å²) in [4.78, 5) is 24.0. The molecule has 0 aliphatic heterocycles. The molecule has 3 N–H and O–H groups in total. The van der Waals surface area contributed by atoms with Crippen LogP contribution in [0.25, 0.3) is 0 Å². The summed E-state index contributed by atoms with van der Waals surface area (Å²) >= 11 is 11.7. The fraction of sp³-hybridized carbons (Fsp3) is 0.0667. The zero-order valence-corrected chi connectivity index (χ0v) is 15.2. The van der Waals surface area contributed by atoms with E-state index < -0.39 is 21.8 Å². The van der Waals surface area contributed by atoms with Gasteiger partial charge in [-0.05, 0) is 49.5 Å². The van der Waals surface area contributed by atoms with Gasteiger partial charge in [0.05, 0.1) is 15.5 Å². The standard InChI is InChI=1S/C15H13Cl2N3O4S/c1-18-25(23,24)11-6-7-13(17)12(8-11)15(22)20-19-14(21)9-2-4-10(16)5-3-9/h2-8,18H,1H3,(H,19,21)(H,20,22). The molecule has 0 bridgehead atoms. The minimum absolute atomic E-state index is 0.0355. The molecule has 0 aliphatic carbocycles. The highest BCUT2D eigenvalue weighted by Gasteiger charge is 2.18. The van der Waals surface area contributed by atoms with Gasteiger partial charge >= 0.3 is 0 Å². The zero-order valence-electron chi connectivity index (χ0n) is 12.8. The van der Waals surface area contributed by atoms with Gasteiger partial charge in [0, 0.05) is 10.6 Å². The molecule has 25 heavy (non-hydrogen) atoms. The number of sulfonamides is 1. The lowest BCUT2D eigenvalue weighted by atomic mass is 10.2. The maximum Gasteiger partial charge on any atom is 0.271 e. The first-order valence-electron chi connectivity index (χ1n) is 6.84. The van der Waals surface area contributed by atoms with E-state index in [4.69, 9.17) is 23.2 Å². The number of nitrogens with one attached hydrogen (secondary N) is 3. The van der Waals surface area contributed by atoms with E-state index in [1.807, 2.05) is 0 Å². The Morgan fingerprint density at radius 1 is 0.920 bits per heavy atom. The van der Waals surface area contributed by atoms with Gasteiger partial charge in [0.1, 0.15) is 0 Å². The van der Waals surface area contributed by atoms with Crippen LogP contribution in [0.3, 0.4) is 0 Å². The Bertz CT molecular complexity index is 915. The van der Waals surface area contributed by atoms with Crippen molar-refractivity contribution in [1.82, 2.24) is 15.6 Å². The van der Waals surface area contributed by atoms with Crippen LogP contribution in [-0.2, 0) is 10.0 Å². The Morgan fingerprint density at radius 3 is 2.12 bits per heavy atom. The Kier molecular flexibility index (Phi) is 6.02. The number of carbonyl (C=O) groups is 2. The zero-order chi connectivity index (χ0) is 18.6. The lowest BCUT2D eigenvalue weighted by molar-refractivity contribution is 0.0846. The summed E-state index contributed by atoms with van der Waals surface area (Å²) in [5.41, 5.74) is 4.57. The van der Waals surface area contributed by atoms with Crippen molar-refractivity contribution in [2.24, 2.45) is 0 Å². The van der Waals surface area contributed by atoms with Crippen LogP contribution in [-0.4, -0.2) is 27.3 Å². The minimum atomic E-state index is -3.74. The first kappa shape index (κ1) is 19.2. The van der Waals surface area contributed by atoms with E-state index >= 15 is 0 Å². The molecule has 2 aromatic rings. The lowest BCUT2D eigenvalue weighted by Crippen LogP contribution is -2.41. The fourth-order valence-corrected chi connectivity index (χ4v) is 2.90. The summed E-state index contributed by atoms with van der Waals surface area (Å²) in [6.07, 6.45) is 0. The number of hydrazine groups is 1. The highest BCUT2D eigenvalue weighted by Crippen LogP contribution is 2.20. The van der Waals surface area contributed by atoms with Crippen molar-refractivity contribution in [2.45, 2.75) is 4.90 Å². The predicted octanol–water partition coefficient (Wildman–Crippen LogP) is 1.98. The number of hydrogen-bond acceptors (Lipinski definition) is 4. The third kappa shape index (κ3) is 4.70. The van der Waals surface area contributed by atoms with Crippen LogP contribution in [0.1, 0.15) is 20.7 Å². The monoisotopic (exact) mass is 401 g/mol. The van der Waals surface area contributed by atoms with Crippen molar-refractivity contribution in [3.8, 4) is 0 Å². The maximum atomic E-state index is 12.2. The van der Waals surface area contributed by atoms with E-state index in [9.17, 15) is 18.0 Å².